The number of carbonyl (C=O) groups excluding carboxylic acids is 2. The minimum atomic E-state index is -0.980. The van der Waals surface area contributed by atoms with Gasteiger partial charge in [0.1, 0.15) is 5.00 Å². The van der Waals surface area contributed by atoms with Gasteiger partial charge in [-0.05, 0) is 31.5 Å². The smallest absolute Gasteiger partial charge is 0.305 e. The summed E-state index contributed by atoms with van der Waals surface area (Å²) >= 11 is 1.32. The fourth-order valence-corrected chi connectivity index (χ4v) is 3.18. The molecule has 1 heterocycles. The maximum atomic E-state index is 12.4. The van der Waals surface area contributed by atoms with Crippen LogP contribution in [0.15, 0.2) is 30.3 Å². The topological polar surface area (TPSA) is 95.5 Å². The summed E-state index contributed by atoms with van der Waals surface area (Å²) in [5, 5.41) is 14.5. The van der Waals surface area contributed by atoms with E-state index in [1.54, 1.807) is 31.2 Å². The first-order valence-corrected chi connectivity index (χ1v) is 8.18. The molecule has 2 aromatic rings. The van der Waals surface area contributed by atoms with Gasteiger partial charge in [-0.3, -0.25) is 14.4 Å². The monoisotopic (exact) mass is 346 g/mol. The van der Waals surface area contributed by atoms with E-state index >= 15 is 0 Å². The van der Waals surface area contributed by atoms with Crippen LogP contribution in [0.2, 0.25) is 0 Å². The average Bonchev–Trinajstić information content (AvgIpc) is 2.82. The molecule has 126 valence electrons. The highest BCUT2D eigenvalue weighted by molar-refractivity contribution is 7.16. The number of carboxylic acids is 1. The molecule has 7 heteroatoms. The first-order chi connectivity index (χ1) is 11.4. The van der Waals surface area contributed by atoms with Gasteiger partial charge in [0, 0.05) is 17.0 Å². The Morgan fingerprint density at radius 3 is 2.38 bits per heavy atom. The summed E-state index contributed by atoms with van der Waals surface area (Å²) < 4.78 is 0. The SMILES string of the molecule is Cc1sc(NC(=O)c2ccccc2)c(C(=O)NCCC(=O)O)c1C. The third kappa shape index (κ3) is 4.20. The number of amides is 2. The number of aryl methyl sites for hydroxylation is 1. The Bertz CT molecular complexity index is 768. The molecule has 2 rings (SSSR count). The number of benzene rings is 1. The Hall–Kier alpha value is -2.67. The lowest BCUT2D eigenvalue weighted by Gasteiger charge is -2.08. The summed E-state index contributed by atoms with van der Waals surface area (Å²) in [4.78, 5) is 36.1. The predicted molar refractivity (Wildman–Crippen MR) is 92.8 cm³/mol. The lowest BCUT2D eigenvalue weighted by Crippen LogP contribution is -2.27. The molecule has 0 fully saturated rings. The average molecular weight is 346 g/mol. The summed E-state index contributed by atoms with van der Waals surface area (Å²) in [5.74, 6) is -1.66. The maximum Gasteiger partial charge on any atom is 0.305 e. The summed E-state index contributed by atoms with van der Waals surface area (Å²) in [7, 11) is 0. The molecule has 0 atom stereocenters. The normalized spacial score (nSPS) is 10.2. The van der Waals surface area contributed by atoms with Gasteiger partial charge in [0.05, 0.1) is 12.0 Å². The van der Waals surface area contributed by atoms with E-state index in [4.69, 9.17) is 5.11 Å². The highest BCUT2D eigenvalue weighted by atomic mass is 32.1. The minimum Gasteiger partial charge on any atom is -0.481 e. The predicted octanol–water partition coefficient (Wildman–Crippen LogP) is 2.82. The molecule has 0 unspecified atom stereocenters. The van der Waals surface area contributed by atoms with Crippen LogP contribution in [0.3, 0.4) is 0 Å². The number of nitrogens with one attached hydrogen (secondary N) is 2. The molecule has 1 aromatic heterocycles. The van der Waals surface area contributed by atoms with Crippen molar-refractivity contribution in [3.05, 3.63) is 51.9 Å². The lowest BCUT2D eigenvalue weighted by atomic mass is 10.1. The van der Waals surface area contributed by atoms with Gasteiger partial charge in [-0.25, -0.2) is 0 Å². The van der Waals surface area contributed by atoms with Crippen LogP contribution < -0.4 is 10.6 Å². The molecule has 0 radical (unpaired) electrons. The van der Waals surface area contributed by atoms with Crippen LogP contribution in [-0.4, -0.2) is 29.4 Å². The summed E-state index contributed by atoms with van der Waals surface area (Å²) in [5.41, 5.74) is 1.65. The highest BCUT2D eigenvalue weighted by Crippen LogP contribution is 2.32. The van der Waals surface area contributed by atoms with Crippen LogP contribution in [0.5, 0.6) is 0 Å². The molecule has 0 bridgehead atoms. The van der Waals surface area contributed by atoms with Gasteiger partial charge in [-0.1, -0.05) is 18.2 Å². The van der Waals surface area contributed by atoms with E-state index in [-0.39, 0.29) is 24.8 Å². The highest BCUT2D eigenvalue weighted by Gasteiger charge is 2.21. The van der Waals surface area contributed by atoms with Gasteiger partial charge in [0.2, 0.25) is 0 Å². The second-order valence-electron chi connectivity index (χ2n) is 5.21. The molecule has 24 heavy (non-hydrogen) atoms. The van der Waals surface area contributed by atoms with Crippen molar-refractivity contribution in [3.63, 3.8) is 0 Å². The third-order valence-corrected chi connectivity index (χ3v) is 4.62. The first-order valence-electron chi connectivity index (χ1n) is 7.36. The van der Waals surface area contributed by atoms with Gasteiger partial charge in [0.25, 0.3) is 11.8 Å². The van der Waals surface area contributed by atoms with Crippen molar-refractivity contribution in [1.82, 2.24) is 5.32 Å². The van der Waals surface area contributed by atoms with Crippen molar-refractivity contribution in [1.29, 1.82) is 0 Å². The van der Waals surface area contributed by atoms with Crippen LogP contribution in [0.25, 0.3) is 0 Å². The van der Waals surface area contributed by atoms with Gasteiger partial charge in [-0.2, -0.15) is 0 Å². The van der Waals surface area contributed by atoms with Crippen molar-refractivity contribution < 1.29 is 19.5 Å². The Morgan fingerprint density at radius 2 is 1.75 bits per heavy atom. The van der Waals surface area contributed by atoms with Crippen molar-refractivity contribution >= 4 is 34.1 Å². The molecule has 6 nitrogen and oxygen atoms in total. The van der Waals surface area contributed by atoms with E-state index in [0.29, 0.717) is 16.1 Å². The van der Waals surface area contributed by atoms with Gasteiger partial charge < -0.3 is 15.7 Å². The number of hydrogen-bond acceptors (Lipinski definition) is 4. The second kappa shape index (κ2) is 7.74. The third-order valence-electron chi connectivity index (χ3n) is 3.50. The Morgan fingerprint density at radius 1 is 1.08 bits per heavy atom. The van der Waals surface area contributed by atoms with Gasteiger partial charge in [0.15, 0.2) is 0 Å². The van der Waals surface area contributed by atoms with E-state index in [9.17, 15) is 14.4 Å². The maximum absolute atomic E-state index is 12.4. The van der Waals surface area contributed by atoms with E-state index in [1.807, 2.05) is 13.0 Å². The number of aliphatic carboxylic acids is 1. The van der Waals surface area contributed by atoms with Crippen molar-refractivity contribution in [2.24, 2.45) is 0 Å². The van der Waals surface area contributed by atoms with E-state index in [2.05, 4.69) is 10.6 Å². The Balaban J connectivity index is 2.18. The molecule has 0 saturated carbocycles. The van der Waals surface area contributed by atoms with Gasteiger partial charge in [-0.15, -0.1) is 11.3 Å². The number of carboxylic acid groups (broad SMARTS) is 1. The lowest BCUT2D eigenvalue weighted by molar-refractivity contribution is -0.136. The number of thiophene rings is 1. The number of rotatable bonds is 6. The molecule has 0 aliphatic rings. The molecule has 0 aliphatic carbocycles. The standard InChI is InChI=1S/C17H18N2O4S/c1-10-11(2)24-17(14(10)16(23)18-9-8-13(20)21)19-15(22)12-6-4-3-5-7-12/h3-7H,8-9H2,1-2H3,(H,18,23)(H,19,22)(H,20,21). The largest absolute Gasteiger partial charge is 0.481 e. The van der Waals surface area contributed by atoms with E-state index < -0.39 is 5.97 Å². The molecule has 3 N–H and O–H groups in total. The van der Waals surface area contributed by atoms with Crippen molar-refractivity contribution in [2.45, 2.75) is 20.3 Å². The van der Waals surface area contributed by atoms with E-state index in [0.717, 1.165) is 10.4 Å². The Labute approximate surface area is 143 Å². The van der Waals surface area contributed by atoms with E-state index in [1.165, 1.54) is 11.3 Å². The zero-order valence-electron chi connectivity index (χ0n) is 13.4. The molecular weight excluding hydrogens is 328 g/mol. The zero-order valence-corrected chi connectivity index (χ0v) is 14.2. The zero-order chi connectivity index (χ0) is 17.7. The molecule has 2 amide bonds. The molecule has 0 spiro atoms. The Kier molecular flexibility index (Phi) is 5.70. The van der Waals surface area contributed by atoms with Crippen molar-refractivity contribution in [3.8, 4) is 0 Å². The van der Waals surface area contributed by atoms with Crippen LogP contribution in [0, 0.1) is 13.8 Å². The second-order valence-corrected chi connectivity index (χ2v) is 6.43. The summed E-state index contributed by atoms with van der Waals surface area (Å²) in [6, 6.07) is 8.72. The first kappa shape index (κ1) is 17.7. The number of hydrogen-bond donors (Lipinski definition) is 3. The fraction of sp³-hybridized carbons (Fsp3) is 0.235. The van der Waals surface area contributed by atoms with Crippen LogP contribution in [0.4, 0.5) is 5.00 Å². The van der Waals surface area contributed by atoms with Gasteiger partial charge >= 0.3 is 5.97 Å². The molecule has 0 saturated heterocycles. The van der Waals surface area contributed by atoms with Crippen LogP contribution in [-0.2, 0) is 4.79 Å². The summed E-state index contributed by atoms with van der Waals surface area (Å²) in [6.07, 6.45) is -0.153. The quantitative estimate of drug-likeness (QED) is 0.749. The fourth-order valence-electron chi connectivity index (χ4n) is 2.12. The minimum absolute atomic E-state index is 0.0363. The number of carbonyl (C=O) groups is 3. The van der Waals surface area contributed by atoms with Crippen LogP contribution >= 0.6 is 11.3 Å². The van der Waals surface area contributed by atoms with Crippen LogP contribution in [0.1, 0.15) is 37.6 Å². The molecule has 0 aliphatic heterocycles. The number of anilines is 1. The molecular formula is C17H18N2O4S. The molecule has 1 aromatic carbocycles. The summed E-state index contributed by atoms with van der Waals surface area (Å²) in [6.45, 7) is 3.71. The van der Waals surface area contributed by atoms with Crippen molar-refractivity contribution in [2.75, 3.05) is 11.9 Å².